The van der Waals surface area contributed by atoms with E-state index < -0.39 is 5.97 Å². The molecule has 0 unspecified atom stereocenters. The Kier molecular flexibility index (Phi) is 3.61. The molecule has 6 heteroatoms. The van der Waals surface area contributed by atoms with Crippen LogP contribution < -0.4 is 4.90 Å². The van der Waals surface area contributed by atoms with Crippen molar-refractivity contribution in [1.29, 1.82) is 0 Å². The summed E-state index contributed by atoms with van der Waals surface area (Å²) in [4.78, 5) is 17.5. The minimum atomic E-state index is -1.02. The molecule has 0 amide bonds. The second-order valence-corrected chi connectivity index (χ2v) is 4.45. The van der Waals surface area contributed by atoms with E-state index >= 15 is 0 Å². The van der Waals surface area contributed by atoms with Gasteiger partial charge in [0.1, 0.15) is 5.56 Å². The van der Waals surface area contributed by atoms with E-state index in [0.717, 1.165) is 11.1 Å². The highest BCUT2D eigenvalue weighted by Gasteiger charge is 2.22. The van der Waals surface area contributed by atoms with Crippen LogP contribution in [0.25, 0.3) is 11.0 Å². The largest absolute Gasteiger partial charge is 0.478 e. The molecule has 0 atom stereocenters. The topological polar surface area (TPSA) is 71.2 Å². The van der Waals surface area contributed by atoms with Gasteiger partial charge in [-0.1, -0.05) is 5.92 Å². The molecule has 0 aliphatic rings. The number of rotatable bonds is 4. The van der Waals surface area contributed by atoms with Gasteiger partial charge in [-0.3, -0.25) is 4.68 Å². The molecule has 0 spiro atoms. The molecule has 0 aliphatic carbocycles. The summed E-state index contributed by atoms with van der Waals surface area (Å²) in [5, 5.41) is 14.4. The van der Waals surface area contributed by atoms with Crippen LogP contribution in [-0.4, -0.2) is 38.9 Å². The van der Waals surface area contributed by atoms with Gasteiger partial charge in [-0.15, -0.1) is 6.42 Å². The second kappa shape index (κ2) is 5.21. The summed E-state index contributed by atoms with van der Waals surface area (Å²) >= 11 is 0. The molecule has 1 N–H and O–H groups in total. The maximum Gasteiger partial charge on any atom is 0.339 e. The molecule has 0 aromatic carbocycles. The average Bonchev–Trinajstić information content (AvgIpc) is 2.70. The highest BCUT2D eigenvalue weighted by molar-refractivity contribution is 6.04. The van der Waals surface area contributed by atoms with Gasteiger partial charge >= 0.3 is 5.97 Å². The van der Waals surface area contributed by atoms with Crippen molar-refractivity contribution in [1.82, 2.24) is 14.8 Å². The predicted molar refractivity (Wildman–Crippen MR) is 76.9 cm³/mol. The van der Waals surface area contributed by atoms with E-state index in [-0.39, 0.29) is 5.56 Å². The average molecular weight is 272 g/mol. The molecule has 2 heterocycles. The Morgan fingerprint density at radius 1 is 1.60 bits per heavy atom. The van der Waals surface area contributed by atoms with Gasteiger partial charge in [-0.2, -0.15) is 5.10 Å². The number of anilines is 1. The van der Waals surface area contributed by atoms with Crippen molar-refractivity contribution in [2.75, 3.05) is 18.0 Å². The monoisotopic (exact) mass is 272 g/mol. The van der Waals surface area contributed by atoms with Crippen LogP contribution in [0.4, 0.5) is 5.69 Å². The molecule has 0 bridgehead atoms. The van der Waals surface area contributed by atoms with Crippen LogP contribution in [0.3, 0.4) is 0 Å². The molecule has 0 saturated carbocycles. The van der Waals surface area contributed by atoms with E-state index in [1.165, 1.54) is 6.20 Å². The highest BCUT2D eigenvalue weighted by Crippen LogP contribution is 2.31. The Bertz CT molecular complexity index is 712. The zero-order chi connectivity index (χ0) is 14.9. The van der Waals surface area contributed by atoms with Gasteiger partial charge in [0.2, 0.25) is 0 Å². The fourth-order valence-corrected chi connectivity index (χ4v) is 2.34. The van der Waals surface area contributed by atoms with Gasteiger partial charge < -0.3 is 10.0 Å². The quantitative estimate of drug-likeness (QED) is 0.853. The van der Waals surface area contributed by atoms with Crippen LogP contribution in [0.15, 0.2) is 6.20 Å². The van der Waals surface area contributed by atoms with Crippen molar-refractivity contribution in [2.45, 2.75) is 13.8 Å². The molecule has 0 aliphatic heterocycles. The smallest absolute Gasteiger partial charge is 0.339 e. The van der Waals surface area contributed by atoms with E-state index in [4.69, 9.17) is 6.42 Å². The summed E-state index contributed by atoms with van der Waals surface area (Å²) < 4.78 is 1.64. The lowest BCUT2D eigenvalue weighted by Crippen LogP contribution is -2.25. The third-order valence-electron chi connectivity index (χ3n) is 3.21. The van der Waals surface area contributed by atoms with E-state index in [2.05, 4.69) is 16.0 Å². The molecule has 2 aromatic heterocycles. The Balaban J connectivity index is 2.85. The Morgan fingerprint density at radius 3 is 2.85 bits per heavy atom. The van der Waals surface area contributed by atoms with Gasteiger partial charge in [-0.05, 0) is 13.8 Å². The number of pyridine rings is 1. The highest BCUT2D eigenvalue weighted by atomic mass is 16.4. The van der Waals surface area contributed by atoms with Crippen molar-refractivity contribution in [3.05, 3.63) is 17.5 Å². The fraction of sp³-hybridized carbons (Fsp3) is 0.357. The second-order valence-electron chi connectivity index (χ2n) is 4.45. The predicted octanol–water partition coefficient (Wildman–Crippen LogP) is 1.43. The molecule has 2 aromatic rings. The number of carboxylic acid groups (broad SMARTS) is 1. The number of aryl methyl sites for hydroxylation is 2. The summed E-state index contributed by atoms with van der Waals surface area (Å²) in [6, 6.07) is 0. The number of nitrogens with zero attached hydrogens (tertiary/aromatic N) is 4. The first-order valence-corrected chi connectivity index (χ1v) is 6.25. The molecule has 0 radical (unpaired) electrons. The number of fused-ring (bicyclic) bond motifs is 1. The van der Waals surface area contributed by atoms with Crippen LogP contribution in [-0.2, 0) is 7.05 Å². The number of carboxylic acids is 1. The van der Waals surface area contributed by atoms with Gasteiger partial charge in [0, 0.05) is 19.8 Å². The third kappa shape index (κ3) is 2.07. The number of aromatic nitrogens is 3. The van der Waals surface area contributed by atoms with Crippen molar-refractivity contribution in [2.24, 2.45) is 7.05 Å². The lowest BCUT2D eigenvalue weighted by molar-refractivity contribution is 0.0697. The maximum atomic E-state index is 11.5. The zero-order valence-electron chi connectivity index (χ0n) is 11.7. The summed E-state index contributed by atoms with van der Waals surface area (Å²) in [6.07, 6.45) is 6.74. The van der Waals surface area contributed by atoms with Crippen LogP contribution in [0.5, 0.6) is 0 Å². The minimum absolute atomic E-state index is 0.144. The molecule has 2 rings (SSSR count). The van der Waals surface area contributed by atoms with Gasteiger partial charge in [0.05, 0.1) is 23.3 Å². The van der Waals surface area contributed by atoms with Gasteiger partial charge in [0.15, 0.2) is 5.65 Å². The Morgan fingerprint density at radius 2 is 2.30 bits per heavy atom. The molecule has 6 nitrogen and oxygen atoms in total. The van der Waals surface area contributed by atoms with E-state index in [0.29, 0.717) is 24.4 Å². The Labute approximate surface area is 117 Å². The van der Waals surface area contributed by atoms with E-state index in [1.54, 1.807) is 11.7 Å². The summed E-state index contributed by atoms with van der Waals surface area (Å²) in [5.41, 5.74) is 2.13. The van der Waals surface area contributed by atoms with Crippen LogP contribution in [0, 0.1) is 19.3 Å². The van der Waals surface area contributed by atoms with Crippen molar-refractivity contribution >= 4 is 22.7 Å². The van der Waals surface area contributed by atoms with Crippen molar-refractivity contribution in [3.8, 4) is 12.3 Å². The van der Waals surface area contributed by atoms with Crippen LogP contribution >= 0.6 is 0 Å². The molecular weight excluding hydrogens is 256 g/mol. The van der Waals surface area contributed by atoms with Crippen LogP contribution in [0.2, 0.25) is 0 Å². The van der Waals surface area contributed by atoms with Crippen molar-refractivity contribution < 1.29 is 9.90 Å². The van der Waals surface area contributed by atoms with E-state index in [9.17, 15) is 9.90 Å². The molecule has 0 saturated heterocycles. The standard InChI is InChI=1S/C14H16N4O2/c1-5-7-18(6-2)12-10(14(19)20)8-15-13-11(12)9(3)16-17(13)4/h1,8H,6-7H2,2-4H3,(H,19,20). The zero-order valence-corrected chi connectivity index (χ0v) is 11.7. The molecule has 104 valence electrons. The number of hydrogen-bond donors (Lipinski definition) is 1. The molecule has 0 fully saturated rings. The SMILES string of the molecule is C#CCN(CC)c1c(C(=O)O)cnc2c1c(C)nn2C. The first kappa shape index (κ1) is 13.9. The number of terminal acetylenes is 1. The van der Waals surface area contributed by atoms with Gasteiger partial charge in [0.25, 0.3) is 0 Å². The van der Waals surface area contributed by atoms with Crippen molar-refractivity contribution in [3.63, 3.8) is 0 Å². The van der Waals surface area contributed by atoms with E-state index in [1.807, 2.05) is 18.7 Å². The van der Waals surface area contributed by atoms with Crippen LogP contribution in [0.1, 0.15) is 23.0 Å². The number of aromatic carboxylic acids is 1. The third-order valence-corrected chi connectivity index (χ3v) is 3.21. The first-order chi connectivity index (χ1) is 9.51. The summed E-state index contributed by atoms with van der Waals surface area (Å²) in [7, 11) is 1.78. The van der Waals surface area contributed by atoms with Gasteiger partial charge in [-0.25, -0.2) is 9.78 Å². The first-order valence-electron chi connectivity index (χ1n) is 6.25. The Hall–Kier alpha value is -2.55. The fourth-order valence-electron chi connectivity index (χ4n) is 2.34. The minimum Gasteiger partial charge on any atom is -0.478 e. The number of carbonyl (C=O) groups is 1. The summed E-state index contributed by atoms with van der Waals surface area (Å²) in [6.45, 7) is 4.71. The summed E-state index contributed by atoms with van der Waals surface area (Å²) in [5.74, 6) is 1.54. The normalized spacial score (nSPS) is 10.5. The molecular formula is C14H16N4O2. The lowest BCUT2D eigenvalue weighted by Gasteiger charge is -2.23. The molecule has 20 heavy (non-hydrogen) atoms. The maximum absolute atomic E-state index is 11.5. The number of hydrogen-bond acceptors (Lipinski definition) is 4. The lowest BCUT2D eigenvalue weighted by atomic mass is 10.1.